The number of aromatic nitrogens is 1. The van der Waals surface area contributed by atoms with E-state index in [1.807, 2.05) is 13.8 Å². The summed E-state index contributed by atoms with van der Waals surface area (Å²) in [7, 11) is -3.34. The zero-order valence-electron chi connectivity index (χ0n) is 13.4. The van der Waals surface area contributed by atoms with Gasteiger partial charge < -0.3 is 10.2 Å². The van der Waals surface area contributed by atoms with E-state index in [0.29, 0.717) is 18.0 Å². The van der Waals surface area contributed by atoms with E-state index in [-0.39, 0.29) is 23.3 Å². The van der Waals surface area contributed by atoms with Gasteiger partial charge in [0.25, 0.3) is 5.91 Å². The van der Waals surface area contributed by atoms with Gasteiger partial charge in [-0.05, 0) is 20.8 Å². The van der Waals surface area contributed by atoms with Crippen LogP contribution in [-0.4, -0.2) is 60.8 Å². The molecule has 1 N–H and O–H groups in total. The van der Waals surface area contributed by atoms with Crippen LogP contribution in [0.15, 0.2) is 6.20 Å². The molecule has 0 unspecified atom stereocenters. The average Bonchev–Trinajstić information content (AvgIpc) is 3.03. The van der Waals surface area contributed by atoms with Crippen LogP contribution in [0.5, 0.6) is 0 Å². The lowest BCUT2D eigenvalue weighted by molar-refractivity contribution is -0.134. The van der Waals surface area contributed by atoms with E-state index in [4.69, 9.17) is 0 Å². The highest BCUT2D eigenvalue weighted by Crippen LogP contribution is 2.23. The Morgan fingerprint density at radius 1 is 1.35 bits per heavy atom. The lowest BCUT2D eigenvalue weighted by Crippen LogP contribution is -2.47. The first kappa shape index (κ1) is 17.9. The topological polar surface area (TPSA) is 96.4 Å². The molecule has 0 bridgehead atoms. The van der Waals surface area contributed by atoms with Gasteiger partial charge in [-0.3, -0.25) is 9.59 Å². The zero-order valence-corrected chi connectivity index (χ0v) is 15.0. The van der Waals surface area contributed by atoms with Crippen LogP contribution in [0.1, 0.15) is 28.5 Å². The molecule has 2 atom stereocenters. The molecule has 2 rings (SSSR count). The predicted molar refractivity (Wildman–Crippen MR) is 88.2 cm³/mol. The molecule has 7 nitrogen and oxygen atoms in total. The largest absolute Gasteiger partial charge is 0.347 e. The number of sulfone groups is 1. The van der Waals surface area contributed by atoms with Crippen LogP contribution in [-0.2, 0) is 14.6 Å². The van der Waals surface area contributed by atoms with Crippen molar-refractivity contribution < 1.29 is 18.0 Å². The molecule has 2 amide bonds. The minimum Gasteiger partial charge on any atom is -0.347 e. The summed E-state index contributed by atoms with van der Waals surface area (Å²) in [6.07, 6.45) is 1.46. The third-order valence-corrected chi connectivity index (χ3v) is 6.55. The third-order valence-electron chi connectivity index (χ3n) is 3.91. The van der Waals surface area contributed by atoms with Crippen LogP contribution in [0.2, 0.25) is 0 Å². The molecule has 128 valence electrons. The summed E-state index contributed by atoms with van der Waals surface area (Å²) in [5.74, 6) is -1.74. The fourth-order valence-corrected chi connectivity index (χ4v) is 5.31. The second kappa shape index (κ2) is 6.96. The van der Waals surface area contributed by atoms with E-state index < -0.39 is 21.8 Å². The number of nitrogens with zero attached hydrogens (tertiary/aromatic N) is 2. The highest BCUT2D eigenvalue weighted by molar-refractivity contribution is 7.91. The minimum atomic E-state index is -3.34. The standard InChI is InChI=1S/C14H21N3O4S2/c1-4-17(5-2)14(19)10-7-23(20,21)8-11(10)16-13(18)12-6-15-9(3)22-12/h6,10-11H,4-5,7-8H2,1-3H3,(H,16,18)/t10-,11-/m1/s1. The number of amides is 2. The number of carbonyl (C=O) groups excluding carboxylic acids is 2. The first-order valence-electron chi connectivity index (χ1n) is 7.50. The molecule has 0 radical (unpaired) electrons. The summed E-state index contributed by atoms with van der Waals surface area (Å²) in [6, 6.07) is -0.692. The molecule has 0 aromatic carbocycles. The van der Waals surface area contributed by atoms with Crippen molar-refractivity contribution in [3.8, 4) is 0 Å². The van der Waals surface area contributed by atoms with Gasteiger partial charge >= 0.3 is 0 Å². The maximum atomic E-state index is 12.5. The smallest absolute Gasteiger partial charge is 0.263 e. The lowest BCUT2D eigenvalue weighted by Gasteiger charge is -2.25. The molecule has 1 aliphatic heterocycles. The molecule has 1 aromatic heterocycles. The first-order chi connectivity index (χ1) is 10.8. The molecule has 1 fully saturated rings. The van der Waals surface area contributed by atoms with Crippen LogP contribution in [0, 0.1) is 12.8 Å². The van der Waals surface area contributed by atoms with Gasteiger partial charge in [0, 0.05) is 13.1 Å². The van der Waals surface area contributed by atoms with Crippen molar-refractivity contribution in [3.05, 3.63) is 16.1 Å². The highest BCUT2D eigenvalue weighted by atomic mass is 32.2. The summed E-state index contributed by atoms with van der Waals surface area (Å²) in [6.45, 7) is 6.51. The molecule has 0 saturated carbocycles. The van der Waals surface area contributed by atoms with Gasteiger partial charge in [-0.2, -0.15) is 0 Å². The quantitative estimate of drug-likeness (QED) is 0.824. The molecule has 0 spiro atoms. The molecule has 1 saturated heterocycles. The Morgan fingerprint density at radius 2 is 2.00 bits per heavy atom. The number of carbonyl (C=O) groups is 2. The fourth-order valence-electron chi connectivity index (χ4n) is 2.71. The SMILES string of the molecule is CCN(CC)C(=O)[C@@H]1CS(=O)(=O)C[C@H]1NC(=O)c1cnc(C)s1. The van der Waals surface area contributed by atoms with Crippen molar-refractivity contribution in [1.29, 1.82) is 0 Å². The van der Waals surface area contributed by atoms with Crippen LogP contribution in [0.25, 0.3) is 0 Å². The Balaban J connectivity index is 2.17. The molecule has 9 heteroatoms. The predicted octanol–water partition coefficient (Wildman–Crippen LogP) is 0.463. The summed E-state index contributed by atoms with van der Waals surface area (Å²) in [5.41, 5.74) is 0. The summed E-state index contributed by atoms with van der Waals surface area (Å²) in [4.78, 5) is 30.8. The van der Waals surface area contributed by atoms with Gasteiger partial charge in [0.15, 0.2) is 9.84 Å². The van der Waals surface area contributed by atoms with Gasteiger partial charge in [-0.15, -0.1) is 11.3 Å². The number of hydrogen-bond acceptors (Lipinski definition) is 6. The molecular weight excluding hydrogens is 338 g/mol. The fraction of sp³-hybridized carbons (Fsp3) is 0.643. The minimum absolute atomic E-state index is 0.200. The normalized spacial score (nSPS) is 22.7. The average molecular weight is 359 g/mol. The summed E-state index contributed by atoms with van der Waals surface area (Å²) >= 11 is 1.24. The number of aryl methyl sites for hydroxylation is 1. The second-order valence-electron chi connectivity index (χ2n) is 5.52. The molecule has 23 heavy (non-hydrogen) atoms. The van der Waals surface area contributed by atoms with Gasteiger partial charge in [-0.25, -0.2) is 13.4 Å². The van der Waals surface area contributed by atoms with Crippen LogP contribution < -0.4 is 5.32 Å². The van der Waals surface area contributed by atoms with E-state index in [9.17, 15) is 18.0 Å². The van der Waals surface area contributed by atoms with Gasteiger partial charge in [-0.1, -0.05) is 0 Å². The van der Waals surface area contributed by atoms with Crippen LogP contribution >= 0.6 is 11.3 Å². The Morgan fingerprint density at radius 3 is 2.52 bits per heavy atom. The number of nitrogens with one attached hydrogen (secondary N) is 1. The number of hydrogen-bond donors (Lipinski definition) is 1. The van der Waals surface area contributed by atoms with E-state index >= 15 is 0 Å². The number of thiazole rings is 1. The van der Waals surface area contributed by atoms with Crippen molar-refractivity contribution in [1.82, 2.24) is 15.2 Å². The van der Waals surface area contributed by atoms with E-state index in [0.717, 1.165) is 5.01 Å². The van der Waals surface area contributed by atoms with Gasteiger partial charge in [0.1, 0.15) is 4.88 Å². The van der Waals surface area contributed by atoms with Crippen molar-refractivity contribution in [2.24, 2.45) is 5.92 Å². The lowest BCUT2D eigenvalue weighted by atomic mass is 10.0. The molecule has 0 aliphatic carbocycles. The second-order valence-corrected chi connectivity index (χ2v) is 8.91. The zero-order chi connectivity index (χ0) is 17.2. The van der Waals surface area contributed by atoms with Crippen LogP contribution in [0.3, 0.4) is 0 Å². The van der Waals surface area contributed by atoms with E-state index in [1.54, 1.807) is 11.8 Å². The molecule has 1 aliphatic rings. The number of rotatable bonds is 5. The van der Waals surface area contributed by atoms with Crippen molar-refractivity contribution in [2.45, 2.75) is 26.8 Å². The third kappa shape index (κ3) is 4.08. The highest BCUT2D eigenvalue weighted by Gasteiger charge is 2.44. The Hall–Kier alpha value is -1.48. The Kier molecular flexibility index (Phi) is 5.41. The van der Waals surface area contributed by atoms with Gasteiger partial charge in [0.05, 0.1) is 34.7 Å². The molecule has 2 heterocycles. The maximum absolute atomic E-state index is 12.5. The van der Waals surface area contributed by atoms with Crippen LogP contribution in [0.4, 0.5) is 0 Å². The molecule has 1 aromatic rings. The van der Waals surface area contributed by atoms with E-state index in [2.05, 4.69) is 10.3 Å². The van der Waals surface area contributed by atoms with Crippen molar-refractivity contribution in [2.75, 3.05) is 24.6 Å². The van der Waals surface area contributed by atoms with Gasteiger partial charge in [0.2, 0.25) is 5.91 Å². The summed E-state index contributed by atoms with van der Waals surface area (Å²) < 4.78 is 23.9. The Bertz CT molecular complexity index is 695. The Labute approximate surface area is 140 Å². The maximum Gasteiger partial charge on any atom is 0.263 e. The summed E-state index contributed by atoms with van der Waals surface area (Å²) in [5, 5.41) is 3.46. The van der Waals surface area contributed by atoms with E-state index in [1.165, 1.54) is 17.5 Å². The van der Waals surface area contributed by atoms with Crippen molar-refractivity contribution >= 4 is 33.0 Å². The monoisotopic (exact) mass is 359 g/mol. The first-order valence-corrected chi connectivity index (χ1v) is 10.1. The van der Waals surface area contributed by atoms with Crippen molar-refractivity contribution in [3.63, 3.8) is 0 Å². The molecular formula is C14H21N3O4S2.